The van der Waals surface area contributed by atoms with E-state index in [1.54, 1.807) is 6.07 Å². The van der Waals surface area contributed by atoms with Gasteiger partial charge in [-0.3, -0.25) is 14.4 Å². The standard InChI is InChI=1S/C30H33F3N2O7/c1-40-23-14-22(31)24(41-19-9-7-15(8-10-19)29(38)39)13-21(23)27(36)35-26-17-6-5-16(11-17)25(26)28(37)34-18-3-2-4-20(12-18)42-30(32)33/h2-4,12-17,19,25-26,30H,5-11H2,1H3,(H,34,37)(H,35,36)(H,38,39). The Bertz CT molecular complexity index is 1330. The molecule has 3 aliphatic carbocycles. The van der Waals surface area contributed by atoms with Crippen LogP contribution in [0.5, 0.6) is 17.2 Å². The molecule has 0 saturated heterocycles. The summed E-state index contributed by atoms with van der Waals surface area (Å²) in [5.74, 6) is -3.57. The number of nitrogens with one attached hydrogen (secondary N) is 2. The van der Waals surface area contributed by atoms with E-state index in [0.29, 0.717) is 31.4 Å². The molecule has 226 valence electrons. The van der Waals surface area contributed by atoms with Crippen LogP contribution < -0.4 is 24.8 Å². The second-order valence-electron chi connectivity index (χ2n) is 11.2. The van der Waals surface area contributed by atoms with Gasteiger partial charge in [0.05, 0.1) is 30.6 Å². The quantitative estimate of drug-likeness (QED) is 0.346. The van der Waals surface area contributed by atoms with Crippen molar-refractivity contribution < 1.29 is 46.9 Å². The summed E-state index contributed by atoms with van der Waals surface area (Å²) in [4.78, 5) is 38.2. The van der Waals surface area contributed by atoms with Crippen molar-refractivity contribution in [3.05, 3.63) is 47.8 Å². The summed E-state index contributed by atoms with van der Waals surface area (Å²) in [6.45, 7) is -3.00. The summed E-state index contributed by atoms with van der Waals surface area (Å²) in [5, 5.41) is 15.0. The molecule has 4 atom stereocenters. The molecule has 42 heavy (non-hydrogen) atoms. The van der Waals surface area contributed by atoms with Crippen LogP contribution in [0.2, 0.25) is 0 Å². The number of methoxy groups -OCH3 is 1. The second-order valence-corrected chi connectivity index (χ2v) is 11.2. The van der Waals surface area contributed by atoms with Crippen molar-refractivity contribution in [1.82, 2.24) is 5.32 Å². The molecule has 2 amide bonds. The summed E-state index contributed by atoms with van der Waals surface area (Å²) < 4.78 is 55.7. The zero-order valence-electron chi connectivity index (χ0n) is 23.0. The van der Waals surface area contributed by atoms with Crippen LogP contribution in [0.1, 0.15) is 55.3 Å². The molecule has 3 N–H and O–H groups in total. The molecule has 0 aliphatic heterocycles. The number of fused-ring (bicyclic) bond motifs is 2. The molecule has 4 unspecified atom stereocenters. The molecule has 0 radical (unpaired) electrons. The van der Waals surface area contributed by atoms with E-state index in [4.69, 9.17) is 9.47 Å². The van der Waals surface area contributed by atoms with E-state index in [9.17, 15) is 32.7 Å². The van der Waals surface area contributed by atoms with Gasteiger partial charge in [0.2, 0.25) is 5.91 Å². The van der Waals surface area contributed by atoms with Gasteiger partial charge in [-0.05, 0) is 75.0 Å². The van der Waals surface area contributed by atoms with Crippen LogP contribution in [-0.2, 0) is 9.59 Å². The zero-order valence-corrected chi connectivity index (χ0v) is 23.0. The maximum Gasteiger partial charge on any atom is 0.387 e. The van der Waals surface area contributed by atoms with Crippen LogP contribution in [0.25, 0.3) is 0 Å². The number of aliphatic carboxylic acids is 1. The van der Waals surface area contributed by atoms with Gasteiger partial charge in [-0.25, -0.2) is 4.39 Å². The number of ether oxygens (including phenoxy) is 3. The lowest BCUT2D eigenvalue weighted by molar-refractivity contribution is -0.143. The third-order valence-corrected chi connectivity index (χ3v) is 8.66. The van der Waals surface area contributed by atoms with Crippen molar-refractivity contribution in [3.8, 4) is 17.2 Å². The summed E-state index contributed by atoms with van der Waals surface area (Å²) in [6, 6.07) is 7.58. The third-order valence-electron chi connectivity index (χ3n) is 8.66. The number of anilines is 1. The number of halogens is 3. The number of benzene rings is 2. The topological polar surface area (TPSA) is 123 Å². The minimum atomic E-state index is -3.00. The van der Waals surface area contributed by atoms with E-state index in [1.807, 2.05) is 0 Å². The van der Waals surface area contributed by atoms with Crippen LogP contribution in [0.3, 0.4) is 0 Å². The third kappa shape index (κ3) is 6.42. The fourth-order valence-electron chi connectivity index (χ4n) is 6.66. The average molecular weight is 591 g/mol. The molecule has 12 heteroatoms. The highest BCUT2D eigenvalue weighted by Crippen LogP contribution is 2.49. The summed E-state index contributed by atoms with van der Waals surface area (Å²) in [6.07, 6.45) is 3.77. The van der Waals surface area contributed by atoms with Crippen LogP contribution in [0, 0.1) is 29.5 Å². The maximum atomic E-state index is 14.9. The Hall–Kier alpha value is -3.96. The Morgan fingerprint density at radius 2 is 1.71 bits per heavy atom. The predicted molar refractivity (Wildman–Crippen MR) is 144 cm³/mol. The monoisotopic (exact) mass is 590 g/mol. The lowest BCUT2D eigenvalue weighted by Crippen LogP contribution is -2.48. The first-order valence-corrected chi connectivity index (χ1v) is 14.1. The first-order valence-electron chi connectivity index (χ1n) is 14.1. The molecular weight excluding hydrogens is 557 g/mol. The number of hydrogen-bond donors (Lipinski definition) is 3. The minimum absolute atomic E-state index is 0.00642. The van der Waals surface area contributed by atoms with Crippen molar-refractivity contribution in [2.75, 3.05) is 12.4 Å². The molecule has 0 heterocycles. The van der Waals surface area contributed by atoms with Gasteiger partial charge >= 0.3 is 12.6 Å². The van der Waals surface area contributed by atoms with Crippen LogP contribution in [0.15, 0.2) is 36.4 Å². The van der Waals surface area contributed by atoms with Gasteiger partial charge in [-0.1, -0.05) is 6.07 Å². The lowest BCUT2D eigenvalue weighted by Gasteiger charge is -2.31. The summed E-state index contributed by atoms with van der Waals surface area (Å²) in [5.41, 5.74) is 0.345. The van der Waals surface area contributed by atoms with Crippen molar-refractivity contribution in [3.63, 3.8) is 0 Å². The summed E-state index contributed by atoms with van der Waals surface area (Å²) >= 11 is 0. The van der Waals surface area contributed by atoms with Crippen LogP contribution >= 0.6 is 0 Å². The number of hydrogen-bond acceptors (Lipinski definition) is 6. The van der Waals surface area contributed by atoms with Crippen LogP contribution in [-0.4, -0.2) is 48.8 Å². The molecule has 2 aromatic rings. The number of carbonyl (C=O) groups excluding carboxylic acids is 2. The van der Waals surface area contributed by atoms with E-state index in [2.05, 4.69) is 15.4 Å². The van der Waals surface area contributed by atoms with Crippen LogP contribution in [0.4, 0.5) is 18.9 Å². The van der Waals surface area contributed by atoms with Gasteiger partial charge in [0, 0.05) is 23.9 Å². The summed E-state index contributed by atoms with van der Waals surface area (Å²) in [7, 11) is 1.32. The van der Waals surface area contributed by atoms with E-state index >= 15 is 0 Å². The number of alkyl halides is 2. The highest BCUT2D eigenvalue weighted by molar-refractivity contribution is 5.99. The van der Waals surface area contributed by atoms with Crippen molar-refractivity contribution >= 4 is 23.5 Å². The number of carboxylic acids is 1. The molecule has 0 spiro atoms. The SMILES string of the molecule is COc1cc(F)c(OC2CCC(C(=O)O)CC2)cc1C(=O)NC1C2CCC(C2)C1C(=O)Nc1cccc(OC(F)F)c1. The maximum absolute atomic E-state index is 14.9. The van der Waals surface area contributed by atoms with Gasteiger partial charge in [0.1, 0.15) is 11.5 Å². The molecule has 0 aromatic heterocycles. The van der Waals surface area contributed by atoms with Gasteiger partial charge in [-0.2, -0.15) is 8.78 Å². The number of rotatable bonds is 10. The number of carbonyl (C=O) groups is 3. The molecule has 5 rings (SSSR count). The predicted octanol–water partition coefficient (Wildman–Crippen LogP) is 5.24. The zero-order chi connectivity index (χ0) is 30.0. The fraction of sp³-hybridized carbons (Fsp3) is 0.500. The molecule has 3 saturated carbocycles. The largest absolute Gasteiger partial charge is 0.496 e. The lowest BCUT2D eigenvalue weighted by atomic mass is 9.83. The first-order chi connectivity index (χ1) is 20.1. The molecule has 3 fully saturated rings. The molecular formula is C30H33F3N2O7. The Morgan fingerprint density at radius 1 is 0.976 bits per heavy atom. The normalized spacial score (nSPS) is 26.5. The highest BCUT2D eigenvalue weighted by Gasteiger charge is 2.51. The van der Waals surface area contributed by atoms with Gasteiger partial charge in [0.25, 0.3) is 5.91 Å². The van der Waals surface area contributed by atoms with Crippen molar-refractivity contribution in [2.45, 2.75) is 63.7 Å². The van der Waals surface area contributed by atoms with Crippen molar-refractivity contribution in [2.24, 2.45) is 23.7 Å². The molecule has 3 aliphatic rings. The van der Waals surface area contributed by atoms with Gasteiger partial charge < -0.3 is 30.0 Å². The van der Waals surface area contributed by atoms with E-state index in [0.717, 1.165) is 25.3 Å². The van der Waals surface area contributed by atoms with E-state index < -0.39 is 42.2 Å². The number of carboxylic acid groups (broad SMARTS) is 1. The molecule has 2 bridgehead atoms. The highest BCUT2D eigenvalue weighted by atomic mass is 19.3. The van der Waals surface area contributed by atoms with E-state index in [1.165, 1.54) is 31.4 Å². The fourth-order valence-corrected chi connectivity index (χ4v) is 6.66. The minimum Gasteiger partial charge on any atom is -0.496 e. The first kappa shape index (κ1) is 29.5. The Kier molecular flexibility index (Phi) is 8.79. The smallest absolute Gasteiger partial charge is 0.387 e. The van der Waals surface area contributed by atoms with E-state index in [-0.39, 0.29) is 46.7 Å². The Labute approximate surface area is 240 Å². The van der Waals surface area contributed by atoms with Gasteiger partial charge in [0.15, 0.2) is 11.6 Å². The number of amides is 2. The van der Waals surface area contributed by atoms with Gasteiger partial charge in [-0.15, -0.1) is 0 Å². The average Bonchev–Trinajstić information content (AvgIpc) is 3.56. The Balaban J connectivity index is 1.30. The van der Waals surface area contributed by atoms with Crippen molar-refractivity contribution in [1.29, 1.82) is 0 Å². The molecule has 9 nitrogen and oxygen atoms in total. The second kappa shape index (κ2) is 12.5. The molecule has 2 aromatic carbocycles. The Morgan fingerprint density at radius 3 is 2.40 bits per heavy atom.